The maximum Gasteiger partial charge on any atom is 0.270 e. The van der Waals surface area contributed by atoms with Crippen LogP contribution in [0.3, 0.4) is 0 Å². The predicted octanol–water partition coefficient (Wildman–Crippen LogP) is 3.01. The molecule has 0 bridgehead atoms. The summed E-state index contributed by atoms with van der Waals surface area (Å²) in [6.07, 6.45) is 1.87. The first-order valence-electron chi connectivity index (χ1n) is 8.10. The van der Waals surface area contributed by atoms with Crippen LogP contribution >= 0.6 is 0 Å². The van der Waals surface area contributed by atoms with E-state index in [1.165, 1.54) is 5.56 Å². The fraction of sp³-hybridized carbons (Fsp3) is 0.389. The highest BCUT2D eigenvalue weighted by Crippen LogP contribution is 2.32. The van der Waals surface area contributed by atoms with Crippen LogP contribution in [0.4, 0.5) is 11.6 Å². The molecule has 1 aromatic heterocycles. The van der Waals surface area contributed by atoms with Crippen molar-refractivity contribution in [2.45, 2.75) is 39.7 Å². The SMILES string of the molecule is CCC(C)NC(=O)c1cc(C)nc(N2CCc3ccccc32)n1. The monoisotopic (exact) mass is 310 g/mol. The number of anilines is 2. The lowest BCUT2D eigenvalue weighted by Gasteiger charge is -2.18. The molecule has 23 heavy (non-hydrogen) atoms. The van der Waals surface area contributed by atoms with Gasteiger partial charge in [0.15, 0.2) is 0 Å². The number of nitrogens with one attached hydrogen (secondary N) is 1. The molecule has 2 aromatic rings. The fourth-order valence-corrected chi connectivity index (χ4v) is 2.74. The van der Waals surface area contributed by atoms with Gasteiger partial charge in [0.1, 0.15) is 5.69 Å². The molecule has 120 valence electrons. The van der Waals surface area contributed by atoms with Gasteiger partial charge in [-0.25, -0.2) is 9.97 Å². The van der Waals surface area contributed by atoms with Crippen LogP contribution in [0.15, 0.2) is 30.3 Å². The van der Waals surface area contributed by atoms with Gasteiger partial charge < -0.3 is 10.2 Å². The summed E-state index contributed by atoms with van der Waals surface area (Å²) in [5, 5.41) is 2.96. The van der Waals surface area contributed by atoms with Crippen LogP contribution in [0.1, 0.15) is 42.0 Å². The number of nitrogens with zero attached hydrogens (tertiary/aromatic N) is 3. The Morgan fingerprint density at radius 1 is 1.35 bits per heavy atom. The number of fused-ring (bicyclic) bond motifs is 1. The van der Waals surface area contributed by atoms with Gasteiger partial charge in [-0.2, -0.15) is 0 Å². The van der Waals surface area contributed by atoms with E-state index in [9.17, 15) is 4.79 Å². The highest BCUT2D eigenvalue weighted by atomic mass is 16.1. The summed E-state index contributed by atoms with van der Waals surface area (Å²) < 4.78 is 0. The number of benzene rings is 1. The molecule has 5 heteroatoms. The van der Waals surface area contributed by atoms with Gasteiger partial charge in [0.2, 0.25) is 5.95 Å². The average molecular weight is 310 g/mol. The normalized spacial score (nSPS) is 14.5. The Morgan fingerprint density at radius 3 is 2.91 bits per heavy atom. The number of aromatic nitrogens is 2. The van der Waals surface area contributed by atoms with E-state index in [1.807, 2.05) is 32.9 Å². The average Bonchev–Trinajstić information content (AvgIpc) is 2.98. The van der Waals surface area contributed by atoms with E-state index >= 15 is 0 Å². The van der Waals surface area contributed by atoms with E-state index in [0.29, 0.717) is 11.6 Å². The minimum absolute atomic E-state index is 0.133. The summed E-state index contributed by atoms with van der Waals surface area (Å²) in [4.78, 5) is 23.5. The predicted molar refractivity (Wildman–Crippen MR) is 91.1 cm³/mol. The van der Waals surface area contributed by atoms with Crippen molar-refractivity contribution in [1.82, 2.24) is 15.3 Å². The lowest BCUT2D eigenvalue weighted by Crippen LogP contribution is -2.33. The quantitative estimate of drug-likeness (QED) is 0.943. The highest BCUT2D eigenvalue weighted by Gasteiger charge is 2.23. The largest absolute Gasteiger partial charge is 0.348 e. The van der Waals surface area contributed by atoms with Crippen molar-refractivity contribution in [3.63, 3.8) is 0 Å². The number of para-hydroxylation sites is 1. The van der Waals surface area contributed by atoms with Gasteiger partial charge >= 0.3 is 0 Å². The Labute approximate surface area is 136 Å². The summed E-state index contributed by atoms with van der Waals surface area (Å²) in [7, 11) is 0. The second-order valence-corrected chi connectivity index (χ2v) is 6.01. The zero-order chi connectivity index (χ0) is 16.4. The topological polar surface area (TPSA) is 58.1 Å². The number of carbonyl (C=O) groups excluding carboxylic acids is 1. The first-order chi connectivity index (χ1) is 11.1. The number of hydrogen-bond acceptors (Lipinski definition) is 4. The Morgan fingerprint density at radius 2 is 2.13 bits per heavy atom. The van der Waals surface area contributed by atoms with Crippen LogP contribution in [0.2, 0.25) is 0 Å². The molecule has 1 unspecified atom stereocenters. The van der Waals surface area contributed by atoms with Gasteiger partial charge in [0.25, 0.3) is 5.91 Å². The van der Waals surface area contributed by atoms with Crippen LogP contribution < -0.4 is 10.2 Å². The maximum absolute atomic E-state index is 12.4. The molecule has 1 aliphatic heterocycles. The van der Waals surface area contributed by atoms with Crippen molar-refractivity contribution in [2.75, 3.05) is 11.4 Å². The Kier molecular flexibility index (Phi) is 4.28. The molecular weight excluding hydrogens is 288 g/mol. The lowest BCUT2D eigenvalue weighted by atomic mass is 10.2. The van der Waals surface area contributed by atoms with E-state index in [-0.39, 0.29) is 11.9 Å². The molecular formula is C18H22N4O. The van der Waals surface area contributed by atoms with Gasteiger partial charge in [0.05, 0.1) is 0 Å². The van der Waals surface area contributed by atoms with Crippen LogP contribution in [0, 0.1) is 6.92 Å². The van der Waals surface area contributed by atoms with Crippen molar-refractivity contribution in [3.8, 4) is 0 Å². The molecule has 1 atom stereocenters. The molecule has 0 saturated carbocycles. The highest BCUT2D eigenvalue weighted by molar-refractivity contribution is 5.93. The Bertz CT molecular complexity index is 729. The zero-order valence-corrected chi connectivity index (χ0v) is 13.8. The molecule has 0 radical (unpaired) electrons. The molecule has 0 fully saturated rings. The van der Waals surface area contributed by atoms with Crippen LogP contribution in [-0.2, 0) is 6.42 Å². The fourth-order valence-electron chi connectivity index (χ4n) is 2.74. The minimum Gasteiger partial charge on any atom is -0.348 e. The van der Waals surface area contributed by atoms with Gasteiger partial charge in [-0.1, -0.05) is 25.1 Å². The van der Waals surface area contributed by atoms with Gasteiger partial charge in [-0.3, -0.25) is 4.79 Å². The van der Waals surface area contributed by atoms with E-state index in [4.69, 9.17) is 0 Å². The molecule has 1 aromatic carbocycles. The summed E-state index contributed by atoms with van der Waals surface area (Å²) in [6.45, 7) is 6.77. The summed E-state index contributed by atoms with van der Waals surface area (Å²) in [6, 6.07) is 10.1. The molecule has 0 spiro atoms. The maximum atomic E-state index is 12.4. The number of amides is 1. The lowest BCUT2D eigenvalue weighted by molar-refractivity contribution is 0.0934. The second-order valence-electron chi connectivity index (χ2n) is 6.01. The van der Waals surface area contributed by atoms with Crippen molar-refractivity contribution in [1.29, 1.82) is 0 Å². The standard InChI is InChI=1S/C18H22N4O/c1-4-12(2)19-17(23)15-11-13(3)20-18(21-15)22-10-9-14-7-5-6-8-16(14)22/h5-8,11-12H,4,9-10H2,1-3H3,(H,19,23). The number of carbonyl (C=O) groups is 1. The van der Waals surface area contributed by atoms with Crippen molar-refractivity contribution in [2.24, 2.45) is 0 Å². The number of hydrogen-bond donors (Lipinski definition) is 1. The second kappa shape index (κ2) is 6.36. The van der Waals surface area contributed by atoms with Gasteiger partial charge in [0, 0.05) is 24.0 Å². The van der Waals surface area contributed by atoms with E-state index in [2.05, 4.69) is 32.3 Å². The molecule has 2 heterocycles. The van der Waals surface area contributed by atoms with Crippen molar-refractivity contribution >= 4 is 17.5 Å². The van der Waals surface area contributed by atoms with E-state index in [0.717, 1.165) is 30.8 Å². The Balaban J connectivity index is 1.91. The van der Waals surface area contributed by atoms with Gasteiger partial charge in [-0.15, -0.1) is 0 Å². The third-order valence-electron chi connectivity index (χ3n) is 4.19. The summed E-state index contributed by atoms with van der Waals surface area (Å²) in [5.74, 6) is 0.461. The van der Waals surface area contributed by atoms with Crippen molar-refractivity contribution < 1.29 is 4.79 Å². The molecule has 0 saturated heterocycles. The van der Waals surface area contributed by atoms with Gasteiger partial charge in [-0.05, 0) is 44.4 Å². The first kappa shape index (κ1) is 15.5. The number of rotatable bonds is 4. The van der Waals surface area contributed by atoms with E-state index < -0.39 is 0 Å². The minimum atomic E-state index is -0.140. The summed E-state index contributed by atoms with van der Waals surface area (Å²) in [5.41, 5.74) is 3.65. The third-order valence-corrected chi connectivity index (χ3v) is 4.19. The molecule has 1 amide bonds. The number of aryl methyl sites for hydroxylation is 1. The molecule has 3 rings (SSSR count). The van der Waals surface area contributed by atoms with Crippen molar-refractivity contribution in [3.05, 3.63) is 47.3 Å². The zero-order valence-electron chi connectivity index (χ0n) is 13.8. The van der Waals surface area contributed by atoms with E-state index in [1.54, 1.807) is 6.07 Å². The Hall–Kier alpha value is -2.43. The van der Waals surface area contributed by atoms with Crippen LogP contribution in [0.5, 0.6) is 0 Å². The third kappa shape index (κ3) is 3.18. The van der Waals surface area contributed by atoms with Crippen LogP contribution in [0.25, 0.3) is 0 Å². The molecule has 0 aliphatic carbocycles. The molecule has 5 nitrogen and oxygen atoms in total. The smallest absolute Gasteiger partial charge is 0.270 e. The van der Waals surface area contributed by atoms with Crippen LogP contribution in [-0.4, -0.2) is 28.5 Å². The first-order valence-corrected chi connectivity index (χ1v) is 8.10. The summed E-state index contributed by atoms with van der Waals surface area (Å²) >= 11 is 0. The molecule has 1 N–H and O–H groups in total. The molecule has 1 aliphatic rings.